The Kier molecular flexibility index (Phi) is 5.23. The third-order valence-electron chi connectivity index (χ3n) is 3.17. The lowest BCUT2D eigenvalue weighted by Crippen LogP contribution is -2.31. The summed E-state index contributed by atoms with van der Waals surface area (Å²) in [4.78, 5) is 0. The molecular weight excluding hydrogens is 225 g/mol. The van der Waals surface area contributed by atoms with Crippen LogP contribution in [0.15, 0.2) is 18.2 Å². The first kappa shape index (κ1) is 13.5. The number of hydrogen-bond donors (Lipinski definition) is 1. The minimum Gasteiger partial charge on any atom is -0.317 e. The van der Waals surface area contributed by atoms with E-state index in [0.29, 0.717) is 12.0 Å². The van der Waals surface area contributed by atoms with Crippen LogP contribution in [0, 0.1) is 11.7 Å². The van der Waals surface area contributed by atoms with Gasteiger partial charge in [-0.3, -0.25) is 0 Å². The predicted octanol–water partition coefficient (Wildman–Crippen LogP) is 3.66. The Balaban J connectivity index is 2.74. The second kappa shape index (κ2) is 6.21. The summed E-state index contributed by atoms with van der Waals surface area (Å²) < 4.78 is 13.3. The fraction of sp³-hybridized carbons (Fsp3) is 0.538. The van der Waals surface area contributed by atoms with Crippen molar-refractivity contribution in [1.29, 1.82) is 0 Å². The molecule has 1 N–H and O–H groups in total. The normalized spacial score (nSPS) is 14.8. The Bertz CT molecular complexity index is 341. The molecule has 1 aromatic rings. The molecule has 1 nitrogen and oxygen atoms in total. The average molecular weight is 244 g/mol. The lowest BCUT2D eigenvalue weighted by molar-refractivity contribution is 0.381. The van der Waals surface area contributed by atoms with Gasteiger partial charge in [0.2, 0.25) is 0 Å². The van der Waals surface area contributed by atoms with Crippen LogP contribution in [0.25, 0.3) is 0 Å². The van der Waals surface area contributed by atoms with Crippen LogP contribution >= 0.6 is 11.6 Å². The Morgan fingerprint density at radius 2 is 2.12 bits per heavy atom. The zero-order valence-corrected chi connectivity index (χ0v) is 10.8. The predicted molar refractivity (Wildman–Crippen MR) is 67.4 cm³/mol. The number of hydrogen-bond acceptors (Lipinski definition) is 1. The monoisotopic (exact) mass is 243 g/mol. The molecule has 0 aliphatic heterocycles. The smallest absolute Gasteiger partial charge is 0.142 e. The Morgan fingerprint density at radius 1 is 1.44 bits per heavy atom. The van der Waals surface area contributed by atoms with Crippen LogP contribution < -0.4 is 5.32 Å². The third-order valence-corrected chi connectivity index (χ3v) is 3.48. The van der Waals surface area contributed by atoms with Crippen molar-refractivity contribution >= 4 is 11.6 Å². The lowest BCUT2D eigenvalue weighted by atomic mass is 9.91. The highest BCUT2D eigenvalue weighted by molar-refractivity contribution is 6.30. The zero-order chi connectivity index (χ0) is 12.1. The van der Waals surface area contributed by atoms with Gasteiger partial charge in [0, 0.05) is 6.04 Å². The van der Waals surface area contributed by atoms with E-state index >= 15 is 0 Å². The van der Waals surface area contributed by atoms with Crippen LogP contribution in [-0.4, -0.2) is 13.1 Å². The van der Waals surface area contributed by atoms with Crippen molar-refractivity contribution in [2.24, 2.45) is 5.92 Å². The van der Waals surface area contributed by atoms with Crippen LogP contribution in [0.1, 0.15) is 25.8 Å². The van der Waals surface area contributed by atoms with E-state index in [9.17, 15) is 4.39 Å². The number of nitrogens with one attached hydrogen (secondary N) is 1. The summed E-state index contributed by atoms with van der Waals surface area (Å²) in [6, 6.07) is 5.50. The summed E-state index contributed by atoms with van der Waals surface area (Å²) in [5.74, 6) is 0.191. The molecule has 0 aliphatic carbocycles. The maximum atomic E-state index is 13.3. The minimum absolute atomic E-state index is 0.193. The Morgan fingerprint density at radius 3 is 2.62 bits per heavy atom. The molecule has 0 amide bonds. The highest BCUT2D eigenvalue weighted by Crippen LogP contribution is 2.20. The van der Waals surface area contributed by atoms with Crippen LogP contribution in [-0.2, 0) is 6.42 Å². The van der Waals surface area contributed by atoms with Crippen LogP contribution in [0.3, 0.4) is 0 Å². The van der Waals surface area contributed by atoms with Gasteiger partial charge in [-0.25, -0.2) is 4.39 Å². The summed E-state index contributed by atoms with van der Waals surface area (Å²) in [5, 5.41) is 3.44. The van der Waals surface area contributed by atoms with E-state index in [1.807, 2.05) is 13.1 Å². The molecule has 0 bridgehead atoms. The van der Waals surface area contributed by atoms with Gasteiger partial charge in [-0.05, 0) is 44.0 Å². The van der Waals surface area contributed by atoms with Crippen molar-refractivity contribution in [3.8, 4) is 0 Å². The number of benzene rings is 1. The van der Waals surface area contributed by atoms with E-state index in [1.54, 1.807) is 6.07 Å². The highest BCUT2D eigenvalue weighted by atomic mass is 35.5. The molecule has 3 heteroatoms. The van der Waals surface area contributed by atoms with Crippen molar-refractivity contribution in [1.82, 2.24) is 5.32 Å². The molecule has 1 aromatic carbocycles. The standard InChI is InChI=1S/C13H19ClFN/c1-4-11(9(2)16-3)7-10-5-6-12(14)13(15)8-10/h5-6,8-9,11,16H,4,7H2,1-3H3. The first-order valence-corrected chi connectivity index (χ1v) is 6.07. The topological polar surface area (TPSA) is 12.0 Å². The van der Waals surface area contributed by atoms with Gasteiger partial charge in [0.15, 0.2) is 0 Å². The fourth-order valence-corrected chi connectivity index (χ4v) is 2.00. The molecule has 16 heavy (non-hydrogen) atoms. The van der Waals surface area contributed by atoms with Crippen molar-refractivity contribution in [3.63, 3.8) is 0 Å². The Labute approximate surface area is 102 Å². The van der Waals surface area contributed by atoms with Gasteiger partial charge in [0.05, 0.1) is 5.02 Å². The quantitative estimate of drug-likeness (QED) is 0.832. The molecule has 90 valence electrons. The molecule has 0 aliphatic rings. The second-order valence-corrected chi connectivity index (χ2v) is 4.61. The molecule has 0 spiro atoms. The summed E-state index contributed by atoms with van der Waals surface area (Å²) in [7, 11) is 1.95. The van der Waals surface area contributed by atoms with Gasteiger partial charge in [0.1, 0.15) is 5.82 Å². The van der Waals surface area contributed by atoms with Crippen molar-refractivity contribution in [3.05, 3.63) is 34.6 Å². The van der Waals surface area contributed by atoms with E-state index in [-0.39, 0.29) is 10.8 Å². The molecule has 0 saturated heterocycles. The van der Waals surface area contributed by atoms with E-state index in [2.05, 4.69) is 19.2 Å². The zero-order valence-electron chi connectivity index (χ0n) is 10.1. The molecule has 0 radical (unpaired) electrons. The molecule has 0 saturated carbocycles. The van der Waals surface area contributed by atoms with Crippen molar-refractivity contribution in [2.75, 3.05) is 7.05 Å². The van der Waals surface area contributed by atoms with Gasteiger partial charge >= 0.3 is 0 Å². The first-order chi connectivity index (χ1) is 7.58. The molecule has 0 fully saturated rings. The van der Waals surface area contributed by atoms with Crippen LogP contribution in [0.5, 0.6) is 0 Å². The first-order valence-electron chi connectivity index (χ1n) is 5.69. The Hall–Kier alpha value is -0.600. The third kappa shape index (κ3) is 3.46. The lowest BCUT2D eigenvalue weighted by Gasteiger charge is -2.22. The summed E-state index contributed by atoms with van der Waals surface area (Å²) in [5.41, 5.74) is 1.01. The molecule has 2 unspecified atom stereocenters. The molecule has 2 atom stereocenters. The maximum Gasteiger partial charge on any atom is 0.142 e. The molecule has 1 rings (SSSR count). The van der Waals surface area contributed by atoms with E-state index in [1.165, 1.54) is 6.07 Å². The summed E-state index contributed by atoms with van der Waals surface area (Å²) >= 11 is 5.65. The van der Waals surface area contributed by atoms with Gasteiger partial charge in [-0.15, -0.1) is 0 Å². The molecule has 0 aromatic heterocycles. The second-order valence-electron chi connectivity index (χ2n) is 4.20. The number of halogens is 2. The van der Waals surface area contributed by atoms with Crippen molar-refractivity contribution in [2.45, 2.75) is 32.7 Å². The van der Waals surface area contributed by atoms with E-state index in [0.717, 1.165) is 18.4 Å². The van der Waals surface area contributed by atoms with Gasteiger partial charge < -0.3 is 5.32 Å². The summed E-state index contributed by atoms with van der Waals surface area (Å²) in [6.07, 6.45) is 1.96. The van der Waals surface area contributed by atoms with E-state index < -0.39 is 0 Å². The van der Waals surface area contributed by atoms with E-state index in [4.69, 9.17) is 11.6 Å². The van der Waals surface area contributed by atoms with Gasteiger partial charge in [-0.1, -0.05) is 31.0 Å². The fourth-order valence-electron chi connectivity index (χ4n) is 1.88. The molecule has 0 heterocycles. The summed E-state index contributed by atoms with van der Waals surface area (Å²) in [6.45, 7) is 4.31. The molecular formula is C13H19ClFN. The van der Waals surface area contributed by atoms with Crippen LogP contribution in [0.4, 0.5) is 4.39 Å². The number of rotatable bonds is 5. The average Bonchev–Trinajstić information content (AvgIpc) is 2.29. The SMILES string of the molecule is CCC(Cc1ccc(Cl)c(F)c1)C(C)NC. The maximum absolute atomic E-state index is 13.3. The van der Waals surface area contributed by atoms with Gasteiger partial charge in [-0.2, -0.15) is 0 Å². The highest BCUT2D eigenvalue weighted by Gasteiger charge is 2.14. The van der Waals surface area contributed by atoms with Crippen LogP contribution in [0.2, 0.25) is 5.02 Å². The largest absolute Gasteiger partial charge is 0.317 e. The minimum atomic E-state index is -0.328. The van der Waals surface area contributed by atoms with Crippen molar-refractivity contribution < 1.29 is 4.39 Å². The van der Waals surface area contributed by atoms with Gasteiger partial charge in [0.25, 0.3) is 0 Å².